The van der Waals surface area contributed by atoms with E-state index in [0.717, 1.165) is 32.6 Å². The van der Waals surface area contributed by atoms with Crippen molar-refractivity contribution in [1.29, 1.82) is 0 Å². The molecular formula is C17H34N4O. The Morgan fingerprint density at radius 3 is 2.14 bits per heavy atom. The van der Waals surface area contributed by atoms with Gasteiger partial charge in [-0.3, -0.25) is 9.80 Å². The molecule has 2 heterocycles. The van der Waals surface area contributed by atoms with Crippen molar-refractivity contribution in [1.82, 2.24) is 19.6 Å². The summed E-state index contributed by atoms with van der Waals surface area (Å²) in [6.07, 6.45) is 2.15. The number of piperidine rings is 1. The van der Waals surface area contributed by atoms with Gasteiger partial charge in [0.2, 0.25) is 0 Å². The first-order chi connectivity index (χ1) is 10.2. The Bertz CT molecular complexity index is 401. The van der Waals surface area contributed by atoms with Gasteiger partial charge in [-0.1, -0.05) is 0 Å². The molecule has 128 valence electrons. The molecule has 2 rings (SSSR count). The van der Waals surface area contributed by atoms with Crippen molar-refractivity contribution in [3.05, 3.63) is 0 Å². The molecule has 5 nitrogen and oxygen atoms in total. The van der Waals surface area contributed by atoms with Gasteiger partial charge in [0, 0.05) is 43.8 Å². The van der Waals surface area contributed by atoms with E-state index < -0.39 is 0 Å². The highest BCUT2D eigenvalue weighted by Crippen LogP contribution is 2.39. The van der Waals surface area contributed by atoms with Gasteiger partial charge in [-0.2, -0.15) is 0 Å². The molecule has 0 N–H and O–H groups in total. The fourth-order valence-corrected chi connectivity index (χ4v) is 4.08. The standard InChI is InChI=1S/C17H34N4O/c1-13(2)19(7)16(22)20-10-8-17(9-11-20)15(5)21(14(3)4)12-18(17)6/h13-15H,8-12H2,1-7H3. The Labute approximate surface area is 136 Å². The van der Waals surface area contributed by atoms with Gasteiger partial charge in [-0.25, -0.2) is 4.79 Å². The predicted molar refractivity (Wildman–Crippen MR) is 90.9 cm³/mol. The van der Waals surface area contributed by atoms with E-state index in [1.165, 1.54) is 0 Å². The number of nitrogens with zero attached hydrogens (tertiary/aromatic N) is 4. The molecule has 22 heavy (non-hydrogen) atoms. The summed E-state index contributed by atoms with van der Waals surface area (Å²) < 4.78 is 0. The first-order valence-electron chi connectivity index (χ1n) is 8.69. The van der Waals surface area contributed by atoms with E-state index >= 15 is 0 Å². The molecule has 0 radical (unpaired) electrons. The first kappa shape index (κ1) is 17.5. The van der Waals surface area contributed by atoms with Gasteiger partial charge >= 0.3 is 6.03 Å². The summed E-state index contributed by atoms with van der Waals surface area (Å²) in [5.41, 5.74) is 0.234. The van der Waals surface area contributed by atoms with Crippen molar-refractivity contribution < 1.29 is 4.79 Å². The highest BCUT2D eigenvalue weighted by molar-refractivity contribution is 5.74. The van der Waals surface area contributed by atoms with Crippen LogP contribution in [0.15, 0.2) is 0 Å². The van der Waals surface area contributed by atoms with Crippen molar-refractivity contribution in [2.75, 3.05) is 33.9 Å². The number of rotatable bonds is 2. The van der Waals surface area contributed by atoms with Crippen LogP contribution in [0.1, 0.15) is 47.5 Å². The summed E-state index contributed by atoms with van der Waals surface area (Å²) in [6, 6.07) is 1.56. The zero-order valence-electron chi connectivity index (χ0n) is 15.5. The molecule has 1 unspecified atom stereocenters. The van der Waals surface area contributed by atoms with E-state index in [-0.39, 0.29) is 17.6 Å². The van der Waals surface area contributed by atoms with Crippen molar-refractivity contribution in [3.63, 3.8) is 0 Å². The number of hydrogen-bond acceptors (Lipinski definition) is 3. The molecule has 1 spiro atoms. The molecule has 2 saturated heterocycles. The lowest BCUT2D eigenvalue weighted by Gasteiger charge is -2.47. The van der Waals surface area contributed by atoms with Gasteiger partial charge in [-0.15, -0.1) is 0 Å². The summed E-state index contributed by atoms with van der Waals surface area (Å²) in [4.78, 5) is 21.5. The van der Waals surface area contributed by atoms with Crippen LogP contribution in [0.3, 0.4) is 0 Å². The van der Waals surface area contributed by atoms with Crippen LogP contribution < -0.4 is 0 Å². The van der Waals surface area contributed by atoms with Crippen LogP contribution in [0, 0.1) is 0 Å². The Hall–Kier alpha value is -0.810. The monoisotopic (exact) mass is 310 g/mol. The SMILES string of the molecule is CC(C)N(C)C(=O)N1CCC2(CC1)C(C)N(C(C)C)CN2C. The van der Waals surface area contributed by atoms with E-state index in [9.17, 15) is 4.79 Å². The number of carbonyl (C=O) groups excluding carboxylic acids is 1. The highest BCUT2D eigenvalue weighted by atomic mass is 16.2. The van der Waals surface area contributed by atoms with Gasteiger partial charge < -0.3 is 9.80 Å². The zero-order valence-corrected chi connectivity index (χ0v) is 15.5. The van der Waals surface area contributed by atoms with Crippen LogP contribution in [0.4, 0.5) is 4.79 Å². The number of amides is 2. The summed E-state index contributed by atoms with van der Waals surface area (Å²) in [5, 5.41) is 0. The minimum Gasteiger partial charge on any atom is -0.325 e. The molecule has 2 fully saturated rings. The Kier molecular flexibility index (Phi) is 5.07. The van der Waals surface area contributed by atoms with Crippen LogP contribution in [0.5, 0.6) is 0 Å². The number of carbonyl (C=O) groups is 1. The molecule has 0 bridgehead atoms. The second-order valence-electron chi connectivity index (χ2n) is 7.70. The lowest BCUT2D eigenvalue weighted by Crippen LogP contribution is -2.58. The van der Waals surface area contributed by atoms with Gasteiger partial charge in [0.15, 0.2) is 0 Å². The maximum atomic E-state index is 12.5. The molecular weight excluding hydrogens is 276 g/mol. The molecule has 5 heteroatoms. The van der Waals surface area contributed by atoms with Crippen molar-refractivity contribution >= 4 is 6.03 Å². The van der Waals surface area contributed by atoms with Crippen LogP contribution in [-0.4, -0.2) is 83.1 Å². The third kappa shape index (κ3) is 2.85. The van der Waals surface area contributed by atoms with E-state index in [0.29, 0.717) is 12.1 Å². The van der Waals surface area contributed by atoms with Gasteiger partial charge in [-0.05, 0) is 54.5 Å². The third-order valence-corrected chi connectivity index (χ3v) is 6.05. The summed E-state index contributed by atoms with van der Waals surface area (Å²) in [6.45, 7) is 13.8. The van der Waals surface area contributed by atoms with Gasteiger partial charge in [0.05, 0.1) is 6.67 Å². The molecule has 0 aromatic heterocycles. The largest absolute Gasteiger partial charge is 0.325 e. The Morgan fingerprint density at radius 1 is 1.18 bits per heavy atom. The van der Waals surface area contributed by atoms with E-state index in [1.54, 1.807) is 0 Å². The molecule has 2 aliphatic heterocycles. The maximum Gasteiger partial charge on any atom is 0.319 e. The van der Waals surface area contributed by atoms with Crippen LogP contribution >= 0.6 is 0 Å². The third-order valence-electron chi connectivity index (χ3n) is 6.05. The fourth-order valence-electron chi connectivity index (χ4n) is 4.08. The predicted octanol–water partition coefficient (Wildman–Crippen LogP) is 2.28. The average molecular weight is 310 g/mol. The van der Waals surface area contributed by atoms with Gasteiger partial charge in [0.1, 0.15) is 0 Å². The second-order valence-corrected chi connectivity index (χ2v) is 7.70. The molecule has 0 saturated carbocycles. The Balaban J connectivity index is 2.04. The topological polar surface area (TPSA) is 30.0 Å². The molecule has 2 aliphatic rings. The van der Waals surface area contributed by atoms with Gasteiger partial charge in [0.25, 0.3) is 0 Å². The average Bonchev–Trinajstić information content (AvgIpc) is 2.72. The van der Waals surface area contributed by atoms with E-state index in [2.05, 4.69) is 51.5 Å². The van der Waals surface area contributed by atoms with E-state index in [1.807, 2.05) is 16.8 Å². The Morgan fingerprint density at radius 2 is 1.73 bits per heavy atom. The minimum absolute atomic E-state index is 0.180. The van der Waals surface area contributed by atoms with E-state index in [4.69, 9.17) is 0 Å². The van der Waals surface area contributed by atoms with Crippen molar-refractivity contribution in [3.8, 4) is 0 Å². The van der Waals surface area contributed by atoms with Crippen molar-refractivity contribution in [2.24, 2.45) is 0 Å². The number of urea groups is 1. The maximum absolute atomic E-state index is 12.5. The first-order valence-corrected chi connectivity index (χ1v) is 8.69. The number of likely N-dealkylation sites (N-methyl/N-ethyl adjacent to an activating group) is 1. The normalized spacial score (nSPS) is 26.4. The fraction of sp³-hybridized carbons (Fsp3) is 0.941. The quantitative estimate of drug-likeness (QED) is 0.784. The molecule has 2 amide bonds. The summed E-state index contributed by atoms with van der Waals surface area (Å²) in [7, 11) is 4.15. The molecule has 0 aromatic rings. The summed E-state index contributed by atoms with van der Waals surface area (Å²) in [5.74, 6) is 0. The molecule has 1 atom stereocenters. The van der Waals surface area contributed by atoms with Crippen LogP contribution in [-0.2, 0) is 0 Å². The zero-order chi connectivity index (χ0) is 16.7. The highest BCUT2D eigenvalue weighted by Gasteiger charge is 2.51. The molecule has 0 aromatic carbocycles. The summed E-state index contributed by atoms with van der Waals surface area (Å²) >= 11 is 0. The second kappa shape index (κ2) is 6.36. The van der Waals surface area contributed by atoms with Crippen LogP contribution in [0.25, 0.3) is 0 Å². The lowest BCUT2D eigenvalue weighted by molar-refractivity contribution is 0.0609. The lowest BCUT2D eigenvalue weighted by atomic mass is 9.81. The number of hydrogen-bond donors (Lipinski definition) is 0. The smallest absolute Gasteiger partial charge is 0.319 e. The van der Waals surface area contributed by atoms with Crippen LogP contribution in [0.2, 0.25) is 0 Å². The molecule has 0 aliphatic carbocycles. The number of likely N-dealkylation sites (tertiary alicyclic amines) is 1. The minimum atomic E-state index is 0.180. The van der Waals surface area contributed by atoms with Crippen molar-refractivity contribution in [2.45, 2.75) is 71.1 Å².